The molecular weight excluding hydrogens is 310 g/mol. The minimum Gasteiger partial charge on any atom is -0.383 e. The third kappa shape index (κ3) is 2.28. The zero-order valence-electron chi connectivity index (χ0n) is 11.5. The van der Waals surface area contributed by atoms with Crippen molar-refractivity contribution in [1.29, 1.82) is 0 Å². The van der Waals surface area contributed by atoms with Crippen LogP contribution < -0.4 is 5.32 Å². The predicted octanol–water partition coefficient (Wildman–Crippen LogP) is 3.66. The minimum absolute atomic E-state index is 0.309. The minimum atomic E-state index is 0.309. The number of hydrogen-bond donors (Lipinski definition) is 1. The van der Waals surface area contributed by atoms with E-state index in [1.54, 1.807) is 7.11 Å². The van der Waals surface area contributed by atoms with Crippen LogP contribution in [0.5, 0.6) is 0 Å². The maximum absolute atomic E-state index is 5.07. The molecule has 1 aliphatic rings. The molecule has 4 heteroatoms. The zero-order chi connectivity index (χ0) is 13.4. The molecule has 102 valence electrons. The normalized spacial score (nSPS) is 29.5. The Hall–Kier alpha value is 0.1000. The van der Waals surface area contributed by atoms with Gasteiger partial charge in [-0.25, -0.2) is 0 Å². The van der Waals surface area contributed by atoms with Gasteiger partial charge >= 0.3 is 0 Å². The first-order valence-corrected chi connectivity index (χ1v) is 8.01. The van der Waals surface area contributed by atoms with E-state index in [4.69, 9.17) is 4.74 Å². The van der Waals surface area contributed by atoms with Crippen molar-refractivity contribution in [3.8, 4) is 0 Å². The summed E-state index contributed by atoms with van der Waals surface area (Å²) < 4.78 is 6.30. The Morgan fingerprint density at radius 2 is 2.11 bits per heavy atom. The second-order valence-electron chi connectivity index (χ2n) is 5.78. The van der Waals surface area contributed by atoms with Gasteiger partial charge in [0.15, 0.2) is 0 Å². The van der Waals surface area contributed by atoms with Crippen LogP contribution >= 0.6 is 27.3 Å². The molecule has 1 fully saturated rings. The van der Waals surface area contributed by atoms with E-state index >= 15 is 0 Å². The fourth-order valence-corrected chi connectivity index (χ4v) is 4.82. The molecule has 1 aromatic heterocycles. The van der Waals surface area contributed by atoms with E-state index in [0.29, 0.717) is 16.7 Å². The molecule has 0 aromatic carbocycles. The molecule has 0 saturated heterocycles. The fourth-order valence-electron chi connectivity index (χ4n) is 3.06. The van der Waals surface area contributed by atoms with Crippen molar-refractivity contribution in [2.75, 3.05) is 26.8 Å². The van der Waals surface area contributed by atoms with Crippen LogP contribution in [0.3, 0.4) is 0 Å². The molecule has 18 heavy (non-hydrogen) atoms. The average molecular weight is 332 g/mol. The average Bonchev–Trinajstić information content (AvgIpc) is 2.68. The van der Waals surface area contributed by atoms with Gasteiger partial charge in [0.1, 0.15) is 0 Å². The van der Waals surface area contributed by atoms with Crippen LogP contribution in [-0.4, -0.2) is 26.8 Å². The van der Waals surface area contributed by atoms with Crippen LogP contribution in [0.4, 0.5) is 0 Å². The molecular formula is C14H22BrNOS. The van der Waals surface area contributed by atoms with E-state index in [1.165, 1.54) is 8.66 Å². The number of halogens is 1. The van der Waals surface area contributed by atoms with E-state index in [-0.39, 0.29) is 0 Å². The van der Waals surface area contributed by atoms with Crippen molar-refractivity contribution in [3.63, 3.8) is 0 Å². The molecule has 1 saturated carbocycles. The molecule has 0 radical (unpaired) electrons. The van der Waals surface area contributed by atoms with E-state index < -0.39 is 0 Å². The lowest BCUT2D eigenvalue weighted by atomic mass is 9.96. The molecule has 0 amide bonds. The van der Waals surface area contributed by atoms with Crippen LogP contribution in [0.2, 0.25) is 0 Å². The van der Waals surface area contributed by atoms with Crippen LogP contribution in [0.15, 0.2) is 15.9 Å². The molecule has 1 aromatic rings. The molecule has 0 spiro atoms. The van der Waals surface area contributed by atoms with Gasteiger partial charge in [-0.05, 0) is 45.9 Å². The monoisotopic (exact) mass is 331 g/mol. The summed E-state index contributed by atoms with van der Waals surface area (Å²) in [6.45, 7) is 9.95. The Kier molecular flexibility index (Phi) is 4.22. The molecule has 0 bridgehead atoms. The number of methoxy groups -OCH3 is 1. The molecule has 1 heterocycles. The largest absolute Gasteiger partial charge is 0.383 e. The first kappa shape index (κ1) is 14.5. The number of ether oxygens (including phenoxy) is 1. The highest BCUT2D eigenvalue weighted by molar-refractivity contribution is 9.11. The second-order valence-corrected chi connectivity index (χ2v) is 8.24. The highest BCUT2D eigenvalue weighted by Crippen LogP contribution is 2.69. The summed E-state index contributed by atoms with van der Waals surface area (Å²) in [6, 6.07) is 4.43. The Bertz CT molecular complexity index is 418. The first-order valence-electron chi connectivity index (χ1n) is 6.40. The number of rotatable bonds is 6. The summed E-state index contributed by atoms with van der Waals surface area (Å²) in [6.07, 6.45) is 0. The van der Waals surface area contributed by atoms with Gasteiger partial charge in [-0.3, -0.25) is 0 Å². The summed E-state index contributed by atoms with van der Waals surface area (Å²) in [4.78, 5) is 1.50. The van der Waals surface area contributed by atoms with E-state index in [0.717, 1.165) is 19.7 Å². The van der Waals surface area contributed by atoms with Crippen molar-refractivity contribution in [1.82, 2.24) is 5.32 Å². The molecule has 1 aliphatic carbocycles. The van der Waals surface area contributed by atoms with Crippen LogP contribution in [0.1, 0.15) is 25.6 Å². The van der Waals surface area contributed by atoms with Crippen molar-refractivity contribution in [2.24, 2.45) is 11.3 Å². The molecule has 2 nitrogen and oxygen atoms in total. The van der Waals surface area contributed by atoms with Gasteiger partial charge in [-0.2, -0.15) is 0 Å². The lowest BCUT2D eigenvalue weighted by Crippen LogP contribution is -2.23. The lowest BCUT2D eigenvalue weighted by Gasteiger charge is -2.12. The van der Waals surface area contributed by atoms with Gasteiger partial charge in [0.05, 0.1) is 10.4 Å². The van der Waals surface area contributed by atoms with E-state index in [9.17, 15) is 0 Å². The Labute approximate surface area is 122 Å². The van der Waals surface area contributed by atoms with Gasteiger partial charge < -0.3 is 10.1 Å². The van der Waals surface area contributed by atoms with Gasteiger partial charge in [0.2, 0.25) is 0 Å². The standard InChI is InChI=1S/C14H22BrNOS/c1-13(2)10(9-16-7-8-17-4)14(13,3)11-5-6-12(15)18-11/h5-6,10,16H,7-9H2,1-4H3. The van der Waals surface area contributed by atoms with Gasteiger partial charge in [-0.1, -0.05) is 20.8 Å². The summed E-state index contributed by atoms with van der Waals surface area (Å²) in [5, 5.41) is 3.50. The molecule has 2 unspecified atom stereocenters. The van der Waals surface area contributed by atoms with Crippen molar-refractivity contribution in [2.45, 2.75) is 26.2 Å². The van der Waals surface area contributed by atoms with Crippen LogP contribution in [-0.2, 0) is 10.2 Å². The summed E-state index contributed by atoms with van der Waals surface area (Å²) in [5.41, 5.74) is 0.682. The number of nitrogens with one attached hydrogen (secondary N) is 1. The SMILES string of the molecule is COCCNCC1C(C)(C)C1(C)c1ccc(Br)s1. The lowest BCUT2D eigenvalue weighted by molar-refractivity contribution is 0.198. The third-order valence-corrected chi connectivity index (χ3v) is 6.60. The van der Waals surface area contributed by atoms with Gasteiger partial charge in [-0.15, -0.1) is 11.3 Å². The van der Waals surface area contributed by atoms with Crippen molar-refractivity contribution < 1.29 is 4.74 Å². The maximum atomic E-state index is 5.07. The molecule has 2 rings (SSSR count). The quantitative estimate of drug-likeness (QED) is 0.803. The summed E-state index contributed by atoms with van der Waals surface area (Å²) in [5.74, 6) is 0.701. The smallest absolute Gasteiger partial charge is 0.0701 e. The van der Waals surface area contributed by atoms with Gasteiger partial charge in [0, 0.05) is 23.9 Å². The van der Waals surface area contributed by atoms with Gasteiger partial charge in [0.25, 0.3) is 0 Å². The fraction of sp³-hybridized carbons (Fsp3) is 0.714. The highest BCUT2D eigenvalue weighted by atomic mass is 79.9. The van der Waals surface area contributed by atoms with Crippen LogP contribution in [0.25, 0.3) is 0 Å². The molecule has 2 atom stereocenters. The molecule has 0 aliphatic heterocycles. The topological polar surface area (TPSA) is 21.3 Å². The Morgan fingerprint density at radius 3 is 2.67 bits per heavy atom. The van der Waals surface area contributed by atoms with Crippen molar-refractivity contribution >= 4 is 27.3 Å². The van der Waals surface area contributed by atoms with E-state index in [1.807, 2.05) is 11.3 Å². The highest BCUT2D eigenvalue weighted by Gasteiger charge is 2.68. The Balaban J connectivity index is 2.01. The second kappa shape index (κ2) is 5.23. The third-order valence-electron chi connectivity index (χ3n) is 4.74. The predicted molar refractivity (Wildman–Crippen MR) is 81.4 cm³/mol. The summed E-state index contributed by atoms with van der Waals surface area (Å²) in [7, 11) is 1.75. The number of hydrogen-bond acceptors (Lipinski definition) is 3. The summed E-state index contributed by atoms with van der Waals surface area (Å²) >= 11 is 5.44. The first-order chi connectivity index (χ1) is 8.44. The van der Waals surface area contributed by atoms with Crippen LogP contribution in [0, 0.1) is 11.3 Å². The van der Waals surface area contributed by atoms with E-state index in [2.05, 4.69) is 54.2 Å². The molecule has 1 N–H and O–H groups in total. The Morgan fingerprint density at radius 1 is 1.39 bits per heavy atom. The van der Waals surface area contributed by atoms with Crippen molar-refractivity contribution in [3.05, 3.63) is 20.8 Å². The maximum Gasteiger partial charge on any atom is 0.0701 e. The number of thiophene rings is 1. The zero-order valence-corrected chi connectivity index (χ0v) is 14.0.